The van der Waals surface area contributed by atoms with Crippen molar-refractivity contribution in [2.45, 2.75) is 33.2 Å². The second-order valence-electron chi connectivity index (χ2n) is 5.48. The molecule has 112 valence electrons. The van der Waals surface area contributed by atoms with Crippen LogP contribution in [0.15, 0.2) is 40.9 Å². The molecule has 1 N–H and O–H groups in total. The number of nitrogens with one attached hydrogen (secondary N) is 1. The summed E-state index contributed by atoms with van der Waals surface area (Å²) in [6.45, 7) is 7.46. The molecule has 0 aliphatic carbocycles. The van der Waals surface area contributed by atoms with Gasteiger partial charge in [-0.3, -0.25) is 0 Å². The number of likely N-dealkylation sites (N-methyl/N-ethyl adjacent to an activating group) is 1. The zero-order chi connectivity index (χ0) is 15.4. The van der Waals surface area contributed by atoms with E-state index in [1.54, 1.807) is 0 Å². The Morgan fingerprint density at radius 1 is 1.10 bits per heavy atom. The van der Waals surface area contributed by atoms with E-state index in [-0.39, 0.29) is 0 Å². The number of rotatable bonds is 5. The molecular weight excluding hydrogens is 437 g/mol. The highest BCUT2D eigenvalue weighted by molar-refractivity contribution is 14.1. The second-order valence-corrected chi connectivity index (χ2v) is 7.58. The summed E-state index contributed by atoms with van der Waals surface area (Å²) in [5.74, 6) is 0. The summed E-state index contributed by atoms with van der Waals surface area (Å²) < 4.78 is 2.45. The summed E-state index contributed by atoms with van der Waals surface area (Å²) in [6, 6.07) is 13.7. The van der Waals surface area contributed by atoms with Crippen molar-refractivity contribution >= 4 is 38.5 Å². The van der Waals surface area contributed by atoms with Crippen molar-refractivity contribution in [3.63, 3.8) is 0 Å². The van der Waals surface area contributed by atoms with Crippen molar-refractivity contribution in [2.75, 3.05) is 6.54 Å². The Kier molecular flexibility index (Phi) is 6.26. The van der Waals surface area contributed by atoms with E-state index in [4.69, 9.17) is 0 Å². The minimum absolute atomic E-state index is 0.334. The van der Waals surface area contributed by atoms with Crippen molar-refractivity contribution in [2.24, 2.45) is 0 Å². The zero-order valence-corrected chi connectivity index (χ0v) is 16.5. The van der Waals surface area contributed by atoms with Crippen LogP contribution in [-0.2, 0) is 6.42 Å². The fraction of sp³-hybridized carbons (Fsp3) is 0.333. The minimum Gasteiger partial charge on any atom is -0.310 e. The van der Waals surface area contributed by atoms with E-state index in [0.717, 1.165) is 13.0 Å². The van der Waals surface area contributed by atoms with Crippen LogP contribution in [0.25, 0.3) is 0 Å². The number of hydrogen-bond donors (Lipinski definition) is 1. The molecule has 0 radical (unpaired) electrons. The summed E-state index contributed by atoms with van der Waals surface area (Å²) in [5, 5.41) is 3.62. The van der Waals surface area contributed by atoms with Gasteiger partial charge in [-0.2, -0.15) is 0 Å². The third-order valence-electron chi connectivity index (χ3n) is 3.51. The monoisotopic (exact) mass is 457 g/mol. The van der Waals surface area contributed by atoms with E-state index in [1.165, 1.54) is 30.3 Å². The Balaban J connectivity index is 2.32. The third kappa shape index (κ3) is 4.80. The van der Waals surface area contributed by atoms with Gasteiger partial charge in [-0.05, 0) is 78.7 Å². The maximum absolute atomic E-state index is 3.70. The molecule has 2 rings (SSSR count). The van der Waals surface area contributed by atoms with E-state index < -0.39 is 0 Å². The smallest absolute Gasteiger partial charge is 0.0372 e. The quantitative estimate of drug-likeness (QED) is 0.579. The summed E-state index contributed by atoms with van der Waals surface area (Å²) in [5.41, 5.74) is 5.40. The largest absolute Gasteiger partial charge is 0.310 e. The summed E-state index contributed by atoms with van der Waals surface area (Å²) in [6.07, 6.45) is 1.01. The van der Waals surface area contributed by atoms with E-state index in [0.29, 0.717) is 6.04 Å². The molecule has 2 aromatic rings. The van der Waals surface area contributed by atoms with Crippen LogP contribution in [0.3, 0.4) is 0 Å². The van der Waals surface area contributed by atoms with E-state index in [2.05, 4.69) is 101 Å². The number of aryl methyl sites for hydroxylation is 2. The Hall–Kier alpha value is -0.390. The Bertz CT molecular complexity index is 604. The molecule has 0 fully saturated rings. The lowest BCUT2D eigenvalue weighted by molar-refractivity contribution is 0.547. The van der Waals surface area contributed by atoms with Crippen LogP contribution in [0.2, 0.25) is 0 Å². The van der Waals surface area contributed by atoms with Gasteiger partial charge in [0.25, 0.3) is 0 Å². The van der Waals surface area contributed by atoms with Crippen LogP contribution >= 0.6 is 38.5 Å². The standard InChI is InChI=1S/C18H21BrIN/c1-4-21-18(16-11-15(20)5-6-17(16)19)10-14-8-12(2)7-13(3)9-14/h5-9,11,18,21H,4,10H2,1-3H3. The predicted octanol–water partition coefficient (Wildman–Crippen LogP) is 5.56. The van der Waals surface area contributed by atoms with Crippen LogP contribution in [0.5, 0.6) is 0 Å². The highest BCUT2D eigenvalue weighted by atomic mass is 127. The molecule has 0 spiro atoms. The SMILES string of the molecule is CCNC(Cc1cc(C)cc(C)c1)c1cc(I)ccc1Br. The highest BCUT2D eigenvalue weighted by Gasteiger charge is 2.15. The van der Waals surface area contributed by atoms with Gasteiger partial charge < -0.3 is 5.32 Å². The first-order valence-corrected chi connectivity index (χ1v) is 9.12. The fourth-order valence-electron chi connectivity index (χ4n) is 2.74. The molecular formula is C18H21BrIN. The minimum atomic E-state index is 0.334. The van der Waals surface area contributed by atoms with Gasteiger partial charge in [0.05, 0.1) is 0 Å². The maximum atomic E-state index is 3.70. The average Bonchev–Trinajstić information content (AvgIpc) is 2.40. The summed E-state index contributed by atoms with van der Waals surface area (Å²) in [7, 11) is 0. The molecule has 0 aliphatic heterocycles. The average molecular weight is 458 g/mol. The van der Waals surface area contributed by atoms with Gasteiger partial charge in [0, 0.05) is 14.1 Å². The van der Waals surface area contributed by atoms with E-state index in [1.807, 2.05) is 0 Å². The maximum Gasteiger partial charge on any atom is 0.0372 e. The number of hydrogen-bond acceptors (Lipinski definition) is 1. The van der Waals surface area contributed by atoms with Gasteiger partial charge >= 0.3 is 0 Å². The van der Waals surface area contributed by atoms with Crippen LogP contribution in [0.1, 0.15) is 35.2 Å². The molecule has 1 unspecified atom stereocenters. The molecule has 0 amide bonds. The molecule has 1 nitrogen and oxygen atoms in total. The third-order valence-corrected chi connectivity index (χ3v) is 4.90. The molecule has 0 aromatic heterocycles. The van der Waals surface area contributed by atoms with Gasteiger partial charge in [0.2, 0.25) is 0 Å². The van der Waals surface area contributed by atoms with Crippen molar-refractivity contribution < 1.29 is 0 Å². The van der Waals surface area contributed by atoms with E-state index in [9.17, 15) is 0 Å². The molecule has 0 saturated heterocycles. The van der Waals surface area contributed by atoms with Crippen molar-refractivity contribution in [1.29, 1.82) is 0 Å². The van der Waals surface area contributed by atoms with Gasteiger partial charge in [-0.15, -0.1) is 0 Å². The van der Waals surface area contributed by atoms with Gasteiger partial charge in [-0.1, -0.05) is 52.2 Å². The first kappa shape index (κ1) is 17.0. The molecule has 0 aliphatic rings. The van der Waals surface area contributed by atoms with E-state index >= 15 is 0 Å². The van der Waals surface area contributed by atoms with Gasteiger partial charge in [-0.25, -0.2) is 0 Å². The molecule has 0 heterocycles. The Labute approximate surface area is 149 Å². The van der Waals surface area contributed by atoms with Gasteiger partial charge in [0.15, 0.2) is 0 Å². The van der Waals surface area contributed by atoms with Gasteiger partial charge in [0.1, 0.15) is 0 Å². The number of halogens is 2. The predicted molar refractivity (Wildman–Crippen MR) is 103 cm³/mol. The summed E-state index contributed by atoms with van der Waals surface area (Å²) in [4.78, 5) is 0. The Morgan fingerprint density at radius 2 is 1.76 bits per heavy atom. The molecule has 3 heteroatoms. The van der Waals surface area contributed by atoms with Crippen LogP contribution in [-0.4, -0.2) is 6.54 Å². The van der Waals surface area contributed by atoms with Crippen LogP contribution < -0.4 is 5.32 Å². The lowest BCUT2D eigenvalue weighted by Crippen LogP contribution is -2.23. The first-order chi connectivity index (χ1) is 9.99. The van der Waals surface area contributed by atoms with Crippen molar-refractivity contribution in [1.82, 2.24) is 5.32 Å². The number of benzene rings is 2. The summed E-state index contributed by atoms with van der Waals surface area (Å²) >= 11 is 6.08. The fourth-order valence-corrected chi connectivity index (χ4v) is 3.78. The van der Waals surface area contributed by atoms with Crippen molar-refractivity contribution in [3.8, 4) is 0 Å². The normalized spacial score (nSPS) is 12.4. The molecule has 2 aromatic carbocycles. The van der Waals surface area contributed by atoms with Crippen LogP contribution in [0.4, 0.5) is 0 Å². The zero-order valence-electron chi connectivity index (χ0n) is 12.7. The molecule has 0 saturated carbocycles. The first-order valence-electron chi connectivity index (χ1n) is 7.25. The topological polar surface area (TPSA) is 12.0 Å². The molecule has 1 atom stereocenters. The molecule has 21 heavy (non-hydrogen) atoms. The van der Waals surface area contributed by atoms with Crippen LogP contribution in [0, 0.1) is 17.4 Å². The van der Waals surface area contributed by atoms with Crippen molar-refractivity contribution in [3.05, 3.63) is 66.7 Å². The molecule has 0 bridgehead atoms. The lowest BCUT2D eigenvalue weighted by atomic mass is 9.96. The Morgan fingerprint density at radius 3 is 2.38 bits per heavy atom. The highest BCUT2D eigenvalue weighted by Crippen LogP contribution is 2.28. The lowest BCUT2D eigenvalue weighted by Gasteiger charge is -2.21. The second kappa shape index (κ2) is 7.75.